The summed E-state index contributed by atoms with van der Waals surface area (Å²) in [5.74, 6) is 2.52. The first-order valence-corrected chi connectivity index (χ1v) is 22.4. The molecular weight excluding hydrogens is 811 g/mol. The Balaban J connectivity index is 0.960. The predicted molar refractivity (Wildman–Crippen MR) is 261 cm³/mol. The molecule has 5 aromatic heterocycles. The molecule has 0 atom stereocenters. The summed E-state index contributed by atoms with van der Waals surface area (Å²) < 4.78 is 11.2. The SMILES string of the molecule is c1ccc(-c2nc(-c3cccc(-c4cccc5c4sc4ccccc45)c3)nc(-c3cccc4sc5cc(-c6nc(-c7ccccc7)c7oc8ccccc8c7n6)ccc5c34)n2)cc1. The molecule has 0 fully saturated rings. The second-order valence-electron chi connectivity index (χ2n) is 15.6. The topological polar surface area (TPSA) is 77.6 Å². The Kier molecular flexibility index (Phi) is 8.15. The molecule has 0 aliphatic heterocycles. The van der Waals surface area contributed by atoms with Gasteiger partial charge in [-0.3, -0.25) is 0 Å². The minimum absolute atomic E-state index is 0.622. The Hall–Kier alpha value is -7.91. The lowest BCUT2D eigenvalue weighted by Gasteiger charge is -2.11. The van der Waals surface area contributed by atoms with Gasteiger partial charge in [0.05, 0.1) is 0 Å². The minimum Gasteiger partial charge on any atom is -0.452 e. The van der Waals surface area contributed by atoms with E-state index in [9.17, 15) is 0 Å². The van der Waals surface area contributed by atoms with Gasteiger partial charge in [-0.25, -0.2) is 24.9 Å². The summed E-state index contributed by atoms with van der Waals surface area (Å²) in [5.41, 5.74) is 10.1. The van der Waals surface area contributed by atoms with Crippen LogP contribution in [0.5, 0.6) is 0 Å². The van der Waals surface area contributed by atoms with Gasteiger partial charge in [-0.2, -0.15) is 0 Å². The number of nitrogens with zero attached hydrogens (tertiary/aromatic N) is 5. The number of benzene rings is 8. The highest BCUT2D eigenvalue weighted by Crippen LogP contribution is 2.43. The molecule has 0 aliphatic rings. The van der Waals surface area contributed by atoms with Gasteiger partial charge in [-0.1, -0.05) is 152 Å². The van der Waals surface area contributed by atoms with Gasteiger partial charge in [0.2, 0.25) is 0 Å². The van der Waals surface area contributed by atoms with E-state index in [0.29, 0.717) is 28.9 Å². The van der Waals surface area contributed by atoms with Gasteiger partial charge in [0.1, 0.15) is 16.8 Å². The minimum atomic E-state index is 0.622. The Morgan fingerprint density at radius 3 is 1.84 bits per heavy atom. The van der Waals surface area contributed by atoms with Gasteiger partial charge in [0.25, 0.3) is 0 Å². The van der Waals surface area contributed by atoms with Crippen molar-refractivity contribution in [3.63, 3.8) is 0 Å². The van der Waals surface area contributed by atoms with Gasteiger partial charge in [-0.05, 0) is 47.5 Å². The number of para-hydroxylation sites is 1. The van der Waals surface area contributed by atoms with Gasteiger partial charge < -0.3 is 4.42 Å². The number of thiophene rings is 2. The van der Waals surface area contributed by atoms with Crippen LogP contribution in [0.25, 0.3) is 130 Å². The third-order valence-electron chi connectivity index (χ3n) is 11.8. The molecule has 0 N–H and O–H groups in total. The van der Waals surface area contributed by atoms with Crippen molar-refractivity contribution in [2.75, 3.05) is 0 Å². The van der Waals surface area contributed by atoms with Crippen molar-refractivity contribution in [2.45, 2.75) is 0 Å². The van der Waals surface area contributed by atoms with Crippen molar-refractivity contribution in [1.29, 1.82) is 0 Å². The fraction of sp³-hybridized carbons (Fsp3) is 0. The van der Waals surface area contributed by atoms with Gasteiger partial charge in [0, 0.05) is 73.5 Å². The van der Waals surface area contributed by atoms with Gasteiger partial charge in [0.15, 0.2) is 28.9 Å². The smallest absolute Gasteiger partial charge is 0.180 e. The number of aromatic nitrogens is 5. The van der Waals surface area contributed by atoms with E-state index in [1.165, 1.54) is 25.7 Å². The van der Waals surface area contributed by atoms with Crippen molar-refractivity contribution in [2.24, 2.45) is 0 Å². The number of fused-ring (bicyclic) bond motifs is 9. The van der Waals surface area contributed by atoms with E-state index in [-0.39, 0.29) is 0 Å². The molecule has 8 aromatic carbocycles. The molecule has 294 valence electrons. The summed E-state index contributed by atoms with van der Waals surface area (Å²) in [5, 5.41) is 5.74. The molecule has 0 saturated carbocycles. The molecule has 0 radical (unpaired) electrons. The van der Waals surface area contributed by atoms with Crippen LogP contribution in [0.1, 0.15) is 0 Å². The van der Waals surface area contributed by atoms with Crippen LogP contribution in [0.15, 0.2) is 192 Å². The molecule has 0 amide bonds. The number of rotatable bonds is 6. The molecule has 0 unspecified atom stereocenters. The van der Waals surface area contributed by atoms with Gasteiger partial charge >= 0.3 is 0 Å². The van der Waals surface area contributed by atoms with Crippen molar-refractivity contribution in [1.82, 2.24) is 24.9 Å². The van der Waals surface area contributed by atoms with E-state index in [0.717, 1.165) is 75.7 Å². The quantitative estimate of drug-likeness (QED) is 0.166. The molecule has 13 aromatic rings. The van der Waals surface area contributed by atoms with E-state index >= 15 is 0 Å². The lowest BCUT2D eigenvalue weighted by Crippen LogP contribution is -2.00. The number of hydrogen-bond donors (Lipinski definition) is 0. The molecule has 0 aliphatic carbocycles. The summed E-state index contributed by atoms with van der Waals surface area (Å²) in [6.45, 7) is 0. The highest BCUT2D eigenvalue weighted by molar-refractivity contribution is 7.26. The van der Waals surface area contributed by atoms with E-state index in [2.05, 4.69) is 133 Å². The molecule has 6 nitrogen and oxygen atoms in total. The van der Waals surface area contributed by atoms with Gasteiger partial charge in [-0.15, -0.1) is 22.7 Å². The molecule has 0 bridgehead atoms. The maximum atomic E-state index is 6.38. The molecule has 13 rings (SSSR count). The third-order valence-corrected chi connectivity index (χ3v) is 14.1. The standard InChI is InChI=1S/C55H31N5OS2/c1-3-14-32(15-4-1)48-50-49(40-21-7-9-25-43(40)61-50)57-53(56-48)36-28-29-41-46(31-36)62-45-27-13-24-42(47(41)45)55-59-52(33-16-5-2-6-17-33)58-54(60-55)35-19-11-18-34(30-35)37-22-12-23-39-38-20-8-10-26-44(38)63-51(37)39/h1-31H. The third kappa shape index (κ3) is 5.95. The fourth-order valence-electron chi connectivity index (χ4n) is 8.81. The maximum absolute atomic E-state index is 6.38. The first kappa shape index (κ1) is 35.8. The Morgan fingerprint density at radius 2 is 0.968 bits per heavy atom. The first-order chi connectivity index (χ1) is 31.2. The van der Waals surface area contributed by atoms with Crippen LogP contribution in [0.2, 0.25) is 0 Å². The lowest BCUT2D eigenvalue weighted by atomic mass is 10.0. The lowest BCUT2D eigenvalue weighted by molar-refractivity contribution is 0.667. The number of hydrogen-bond acceptors (Lipinski definition) is 8. The Bertz CT molecular complexity index is 3930. The molecule has 5 heterocycles. The highest BCUT2D eigenvalue weighted by atomic mass is 32.1. The molecule has 0 saturated heterocycles. The van der Waals surface area contributed by atoms with Crippen LogP contribution in [-0.4, -0.2) is 24.9 Å². The summed E-state index contributed by atoms with van der Waals surface area (Å²) in [6.07, 6.45) is 0. The number of furan rings is 1. The molecule has 0 spiro atoms. The van der Waals surface area contributed by atoms with Crippen LogP contribution in [0, 0.1) is 0 Å². The second kappa shape index (κ2) is 14.3. The highest BCUT2D eigenvalue weighted by Gasteiger charge is 2.21. The monoisotopic (exact) mass is 841 g/mol. The van der Waals surface area contributed by atoms with Crippen LogP contribution in [-0.2, 0) is 0 Å². The first-order valence-electron chi connectivity index (χ1n) is 20.7. The summed E-state index contributed by atoms with van der Waals surface area (Å²) in [7, 11) is 0. The summed E-state index contributed by atoms with van der Waals surface area (Å²) >= 11 is 3.58. The van der Waals surface area contributed by atoms with Crippen molar-refractivity contribution in [3.8, 4) is 67.9 Å². The zero-order valence-corrected chi connectivity index (χ0v) is 35.0. The van der Waals surface area contributed by atoms with Crippen molar-refractivity contribution >= 4 is 85.1 Å². The largest absolute Gasteiger partial charge is 0.452 e. The normalized spacial score (nSPS) is 11.8. The average molecular weight is 842 g/mol. The van der Waals surface area contributed by atoms with Crippen molar-refractivity contribution < 1.29 is 4.42 Å². The zero-order valence-electron chi connectivity index (χ0n) is 33.4. The zero-order chi connectivity index (χ0) is 41.4. The van der Waals surface area contributed by atoms with E-state index < -0.39 is 0 Å². The Morgan fingerprint density at radius 1 is 0.349 bits per heavy atom. The summed E-state index contributed by atoms with van der Waals surface area (Å²) in [4.78, 5) is 25.9. The van der Waals surface area contributed by atoms with Crippen LogP contribution in [0.3, 0.4) is 0 Å². The summed E-state index contributed by atoms with van der Waals surface area (Å²) in [6, 6.07) is 65.1. The average Bonchev–Trinajstić information content (AvgIpc) is 4.05. The van der Waals surface area contributed by atoms with Crippen LogP contribution >= 0.6 is 22.7 Å². The maximum Gasteiger partial charge on any atom is 0.180 e. The van der Waals surface area contributed by atoms with E-state index in [1.807, 2.05) is 65.9 Å². The molecule has 63 heavy (non-hydrogen) atoms. The van der Waals surface area contributed by atoms with Crippen molar-refractivity contribution in [3.05, 3.63) is 188 Å². The Labute approximate surface area is 368 Å². The fourth-order valence-corrected chi connectivity index (χ4v) is 11.2. The second-order valence-corrected chi connectivity index (χ2v) is 17.7. The van der Waals surface area contributed by atoms with Crippen LogP contribution < -0.4 is 0 Å². The van der Waals surface area contributed by atoms with E-state index in [1.54, 1.807) is 11.3 Å². The molecular formula is C55H31N5OS2. The van der Waals surface area contributed by atoms with E-state index in [4.69, 9.17) is 29.3 Å². The van der Waals surface area contributed by atoms with Crippen LogP contribution in [0.4, 0.5) is 0 Å². The molecule has 8 heteroatoms. The predicted octanol–water partition coefficient (Wildman–Crippen LogP) is 15.3.